The van der Waals surface area contributed by atoms with Gasteiger partial charge in [-0.15, -0.1) is 0 Å². The third-order valence-electron chi connectivity index (χ3n) is 3.62. The van der Waals surface area contributed by atoms with Crippen LogP contribution in [0.3, 0.4) is 0 Å². The van der Waals surface area contributed by atoms with Crippen molar-refractivity contribution in [1.29, 1.82) is 0 Å². The first kappa shape index (κ1) is 15.9. The molecule has 0 fully saturated rings. The molecule has 2 N–H and O–H groups in total. The third-order valence-corrected chi connectivity index (χ3v) is 3.62. The quantitative estimate of drug-likeness (QED) is 0.875. The van der Waals surface area contributed by atoms with Gasteiger partial charge >= 0.3 is 0 Å². The Bertz CT molecular complexity index is 506. The third kappa shape index (κ3) is 3.77. The second-order valence-electron chi connectivity index (χ2n) is 6.09. The Morgan fingerprint density at radius 2 is 1.81 bits per heavy atom. The fraction of sp³-hybridized carbons (Fsp3) is 0.529. The molecule has 0 aliphatic carbocycles. The first-order valence-corrected chi connectivity index (χ1v) is 7.57. The van der Waals surface area contributed by atoms with E-state index < -0.39 is 6.23 Å². The van der Waals surface area contributed by atoms with Crippen LogP contribution < -0.4 is 10.2 Å². The van der Waals surface area contributed by atoms with E-state index in [0.717, 1.165) is 23.4 Å². The van der Waals surface area contributed by atoms with Gasteiger partial charge in [0, 0.05) is 11.7 Å². The highest BCUT2D eigenvalue weighted by molar-refractivity contribution is 5.33. The average molecular weight is 290 g/mol. The van der Waals surface area contributed by atoms with Gasteiger partial charge in [0.1, 0.15) is 12.0 Å². The van der Waals surface area contributed by atoms with E-state index in [4.69, 9.17) is 4.74 Å². The summed E-state index contributed by atoms with van der Waals surface area (Å²) >= 11 is 0. The van der Waals surface area contributed by atoms with Gasteiger partial charge < -0.3 is 14.9 Å². The van der Waals surface area contributed by atoms with Gasteiger partial charge in [-0.25, -0.2) is 5.43 Å². The maximum absolute atomic E-state index is 10.2. The Morgan fingerprint density at radius 1 is 1.19 bits per heavy atom. The molecule has 1 aliphatic heterocycles. The molecule has 0 amide bonds. The van der Waals surface area contributed by atoms with Crippen molar-refractivity contribution in [3.63, 3.8) is 0 Å². The summed E-state index contributed by atoms with van der Waals surface area (Å²) in [6.07, 6.45) is 0.325. The normalized spacial score (nSPS) is 19.0. The standard InChI is InChI=1S/C17H26N2O2/c1-11(2)19-13(5)16(17(20)18-19)10-14-6-8-15(9-7-14)21-12(3)4/h6-9,11-12,17-18,20H,10H2,1-5H3. The zero-order chi connectivity index (χ0) is 15.6. The van der Waals surface area contributed by atoms with E-state index in [1.165, 1.54) is 5.56 Å². The molecule has 0 saturated carbocycles. The molecule has 0 saturated heterocycles. The van der Waals surface area contributed by atoms with Crippen LogP contribution >= 0.6 is 0 Å². The smallest absolute Gasteiger partial charge is 0.145 e. The largest absolute Gasteiger partial charge is 0.491 e. The van der Waals surface area contributed by atoms with Crippen LogP contribution in [-0.2, 0) is 6.42 Å². The van der Waals surface area contributed by atoms with Crippen LogP contribution in [0.4, 0.5) is 0 Å². The Kier molecular flexibility index (Phi) is 4.91. The summed E-state index contributed by atoms with van der Waals surface area (Å²) in [5.41, 5.74) is 6.41. The highest BCUT2D eigenvalue weighted by Gasteiger charge is 2.28. The maximum Gasteiger partial charge on any atom is 0.145 e. The molecule has 4 heteroatoms. The van der Waals surface area contributed by atoms with Crippen LogP contribution in [0.15, 0.2) is 35.5 Å². The van der Waals surface area contributed by atoms with Gasteiger partial charge in [0.05, 0.1) is 6.10 Å². The number of hydrogen-bond donors (Lipinski definition) is 2. The molecule has 1 atom stereocenters. The molecule has 21 heavy (non-hydrogen) atoms. The number of hydrogen-bond acceptors (Lipinski definition) is 4. The SMILES string of the molecule is CC1=C(Cc2ccc(OC(C)C)cc2)C(O)NN1C(C)C. The first-order chi connectivity index (χ1) is 9.88. The molecule has 1 aromatic rings. The molecule has 1 unspecified atom stereocenters. The number of rotatable bonds is 5. The Morgan fingerprint density at radius 3 is 2.29 bits per heavy atom. The van der Waals surface area contributed by atoms with Crippen molar-refractivity contribution in [3.8, 4) is 5.75 Å². The number of hydrazine groups is 1. The minimum atomic E-state index is -0.598. The number of nitrogens with one attached hydrogen (secondary N) is 1. The van der Waals surface area contributed by atoms with Crippen LogP contribution in [0.2, 0.25) is 0 Å². The maximum atomic E-state index is 10.2. The molecule has 1 heterocycles. The zero-order valence-electron chi connectivity index (χ0n) is 13.6. The number of benzene rings is 1. The molecule has 2 rings (SSSR count). The topological polar surface area (TPSA) is 44.7 Å². The van der Waals surface area contributed by atoms with Crippen LogP contribution in [0, 0.1) is 0 Å². The number of allylic oxidation sites excluding steroid dienone is 1. The minimum absolute atomic E-state index is 0.182. The fourth-order valence-corrected chi connectivity index (χ4v) is 2.60. The van der Waals surface area contributed by atoms with Crippen molar-refractivity contribution in [1.82, 2.24) is 10.4 Å². The van der Waals surface area contributed by atoms with E-state index >= 15 is 0 Å². The van der Waals surface area contributed by atoms with E-state index in [0.29, 0.717) is 6.04 Å². The van der Waals surface area contributed by atoms with Crippen molar-refractivity contribution in [2.24, 2.45) is 0 Å². The van der Waals surface area contributed by atoms with Crippen molar-refractivity contribution < 1.29 is 9.84 Å². The lowest BCUT2D eigenvalue weighted by Gasteiger charge is -2.25. The number of ether oxygens (including phenoxy) is 1. The van der Waals surface area contributed by atoms with Crippen LogP contribution in [0.25, 0.3) is 0 Å². The Labute approximate surface area is 127 Å². The van der Waals surface area contributed by atoms with Gasteiger partial charge in [-0.1, -0.05) is 12.1 Å². The summed E-state index contributed by atoms with van der Waals surface area (Å²) in [7, 11) is 0. The van der Waals surface area contributed by atoms with Crippen molar-refractivity contribution >= 4 is 0 Å². The Balaban J connectivity index is 2.10. The molecule has 1 aliphatic rings. The summed E-state index contributed by atoms with van der Waals surface area (Å²) in [6.45, 7) is 10.3. The molecular formula is C17H26N2O2. The predicted molar refractivity (Wildman–Crippen MR) is 84.7 cm³/mol. The number of aliphatic hydroxyl groups excluding tert-OH is 1. The van der Waals surface area contributed by atoms with Gasteiger partial charge in [-0.05, 0) is 64.3 Å². The lowest BCUT2D eigenvalue weighted by Crippen LogP contribution is -2.41. The average Bonchev–Trinajstić information content (AvgIpc) is 2.68. The van der Waals surface area contributed by atoms with Gasteiger partial charge in [0.2, 0.25) is 0 Å². The van der Waals surface area contributed by atoms with E-state index in [1.54, 1.807) is 0 Å². The molecule has 0 spiro atoms. The first-order valence-electron chi connectivity index (χ1n) is 7.57. The molecule has 0 bridgehead atoms. The van der Waals surface area contributed by atoms with Crippen LogP contribution in [0.5, 0.6) is 5.75 Å². The van der Waals surface area contributed by atoms with Crippen molar-refractivity contribution in [2.45, 2.75) is 59.4 Å². The summed E-state index contributed by atoms with van der Waals surface area (Å²) in [5, 5.41) is 12.2. The summed E-state index contributed by atoms with van der Waals surface area (Å²) in [6, 6.07) is 8.41. The number of aliphatic hydroxyl groups is 1. The van der Waals surface area contributed by atoms with Crippen LogP contribution in [-0.4, -0.2) is 28.5 Å². The molecule has 1 aromatic carbocycles. The summed E-state index contributed by atoms with van der Waals surface area (Å²) in [4.78, 5) is 0. The van der Waals surface area contributed by atoms with Gasteiger partial charge in [0.15, 0.2) is 0 Å². The fourth-order valence-electron chi connectivity index (χ4n) is 2.60. The van der Waals surface area contributed by atoms with Crippen molar-refractivity contribution in [2.75, 3.05) is 0 Å². The predicted octanol–water partition coefficient (Wildman–Crippen LogP) is 2.84. The van der Waals surface area contributed by atoms with Crippen molar-refractivity contribution in [3.05, 3.63) is 41.1 Å². The minimum Gasteiger partial charge on any atom is -0.491 e. The van der Waals surface area contributed by atoms with Crippen LogP contribution in [0.1, 0.15) is 40.2 Å². The second kappa shape index (κ2) is 6.50. The molecule has 116 valence electrons. The van der Waals surface area contributed by atoms with E-state index in [1.807, 2.05) is 31.0 Å². The number of nitrogens with zero attached hydrogens (tertiary/aromatic N) is 1. The molecular weight excluding hydrogens is 264 g/mol. The lowest BCUT2D eigenvalue weighted by atomic mass is 10.0. The van der Waals surface area contributed by atoms with Gasteiger partial charge in [0.25, 0.3) is 0 Å². The van der Waals surface area contributed by atoms with E-state index in [2.05, 4.69) is 38.3 Å². The molecule has 4 nitrogen and oxygen atoms in total. The van der Waals surface area contributed by atoms with Gasteiger partial charge in [-0.2, -0.15) is 0 Å². The second-order valence-corrected chi connectivity index (χ2v) is 6.09. The summed E-state index contributed by atoms with van der Waals surface area (Å²) in [5.74, 6) is 0.883. The molecule has 0 aromatic heterocycles. The van der Waals surface area contributed by atoms with Gasteiger partial charge in [-0.3, -0.25) is 0 Å². The highest BCUT2D eigenvalue weighted by Crippen LogP contribution is 2.25. The highest BCUT2D eigenvalue weighted by atomic mass is 16.5. The zero-order valence-corrected chi connectivity index (χ0v) is 13.6. The summed E-state index contributed by atoms with van der Waals surface area (Å²) < 4.78 is 5.65. The Hall–Kier alpha value is -1.52. The van der Waals surface area contributed by atoms with E-state index in [-0.39, 0.29) is 6.10 Å². The lowest BCUT2D eigenvalue weighted by molar-refractivity contribution is 0.0924. The van der Waals surface area contributed by atoms with E-state index in [9.17, 15) is 5.11 Å². The molecule has 0 radical (unpaired) electrons. The monoisotopic (exact) mass is 290 g/mol.